The van der Waals surface area contributed by atoms with Gasteiger partial charge in [-0.25, -0.2) is 0 Å². The first kappa shape index (κ1) is 22.0. The van der Waals surface area contributed by atoms with Gasteiger partial charge in [-0.3, -0.25) is 0 Å². The van der Waals surface area contributed by atoms with Gasteiger partial charge in [-0.05, 0) is 0 Å². The molecular weight excluding hydrogens is 598 g/mol. The third kappa shape index (κ3) is 4.13. The monoisotopic (exact) mass is 629 g/mol. The number of hydrogen-bond donors (Lipinski definition) is 0. The van der Waals surface area contributed by atoms with E-state index < -0.39 is 33.0 Å². The fourth-order valence-electron chi connectivity index (χ4n) is 4.59. The van der Waals surface area contributed by atoms with Crippen LogP contribution >= 0.6 is 17.2 Å². The van der Waals surface area contributed by atoms with E-state index in [4.69, 9.17) is 17.2 Å². The molecular formula is C23H29Cl2GeHf. The Morgan fingerprint density at radius 2 is 1.93 bits per heavy atom. The Balaban J connectivity index is 2.29. The molecule has 0 N–H and O–H groups in total. The Labute approximate surface area is 184 Å². The van der Waals surface area contributed by atoms with Gasteiger partial charge in [0.15, 0.2) is 0 Å². The summed E-state index contributed by atoms with van der Waals surface area (Å²) in [6, 6.07) is 0. The van der Waals surface area contributed by atoms with Crippen LogP contribution in [0.2, 0.25) is 11.5 Å². The molecule has 0 spiro atoms. The van der Waals surface area contributed by atoms with Crippen molar-refractivity contribution in [2.45, 2.75) is 58.5 Å². The van der Waals surface area contributed by atoms with Gasteiger partial charge in [-0.1, -0.05) is 0 Å². The SMILES string of the molecule is CCCC1=[C]([Hf]([Cl])[Cl])C2=CC=C[C](=[Ge]([CH3])[CH3])C(C)C2=C1C1=CC(C)=C(C)C1. The summed E-state index contributed by atoms with van der Waals surface area (Å²) in [7, 11) is 13.5. The molecule has 0 aromatic heterocycles. The third-order valence-corrected chi connectivity index (χ3v) is 16.2. The van der Waals surface area contributed by atoms with E-state index >= 15 is 0 Å². The van der Waals surface area contributed by atoms with Gasteiger partial charge < -0.3 is 0 Å². The summed E-state index contributed by atoms with van der Waals surface area (Å²) in [6.07, 6.45) is 12.7. The molecule has 143 valence electrons. The molecule has 0 heterocycles. The number of hydrogen-bond acceptors (Lipinski definition) is 0. The van der Waals surface area contributed by atoms with E-state index in [-0.39, 0.29) is 0 Å². The van der Waals surface area contributed by atoms with Crippen molar-refractivity contribution in [1.29, 1.82) is 0 Å². The molecule has 4 heteroatoms. The van der Waals surface area contributed by atoms with Crippen LogP contribution in [0.15, 0.2) is 66.6 Å². The molecule has 27 heavy (non-hydrogen) atoms. The molecule has 3 aliphatic rings. The Morgan fingerprint density at radius 1 is 1.22 bits per heavy atom. The van der Waals surface area contributed by atoms with Crippen LogP contribution in [0.5, 0.6) is 0 Å². The fraction of sp³-hybridized carbons (Fsp3) is 0.435. The second-order valence-electron chi connectivity index (χ2n) is 8.08. The fourth-order valence-corrected chi connectivity index (χ4v) is 14.4. The van der Waals surface area contributed by atoms with E-state index in [9.17, 15) is 0 Å². The predicted octanol–water partition coefficient (Wildman–Crippen LogP) is 7.58. The molecule has 1 unspecified atom stereocenters. The van der Waals surface area contributed by atoms with Gasteiger partial charge in [-0.2, -0.15) is 0 Å². The Morgan fingerprint density at radius 3 is 2.44 bits per heavy atom. The van der Waals surface area contributed by atoms with Crippen LogP contribution in [-0.4, -0.2) is 18.3 Å². The Kier molecular flexibility index (Phi) is 7.32. The zero-order chi connectivity index (χ0) is 19.9. The molecule has 0 aromatic carbocycles. The van der Waals surface area contributed by atoms with Crippen molar-refractivity contribution in [2.24, 2.45) is 5.92 Å². The van der Waals surface area contributed by atoms with Crippen LogP contribution < -0.4 is 0 Å². The second-order valence-corrected chi connectivity index (χ2v) is 24.9. The van der Waals surface area contributed by atoms with Crippen molar-refractivity contribution in [2.75, 3.05) is 0 Å². The quantitative estimate of drug-likeness (QED) is 0.282. The minimum atomic E-state index is -2.76. The topological polar surface area (TPSA) is 0 Å². The first-order chi connectivity index (χ1) is 12.8. The zero-order valence-electron chi connectivity index (χ0n) is 17.3. The van der Waals surface area contributed by atoms with Crippen LogP contribution in [0.1, 0.15) is 47.0 Å². The normalized spacial score (nSPS) is 22.4. The summed E-state index contributed by atoms with van der Waals surface area (Å²) in [5, 5.41) is 0. The first-order valence-electron chi connectivity index (χ1n) is 9.87. The van der Waals surface area contributed by atoms with Gasteiger partial charge in [0, 0.05) is 0 Å². The summed E-state index contributed by atoms with van der Waals surface area (Å²) >= 11 is -3.94. The van der Waals surface area contributed by atoms with Crippen molar-refractivity contribution in [1.82, 2.24) is 0 Å². The van der Waals surface area contributed by atoms with Crippen molar-refractivity contribution in [3.05, 3.63) is 66.6 Å². The molecule has 3 rings (SSSR count). The van der Waals surface area contributed by atoms with Gasteiger partial charge in [0.25, 0.3) is 0 Å². The molecule has 0 bridgehead atoms. The maximum absolute atomic E-state index is 6.77. The zero-order valence-corrected chi connectivity index (χ0v) is 24.5. The van der Waals surface area contributed by atoms with E-state index in [0.29, 0.717) is 5.92 Å². The van der Waals surface area contributed by atoms with E-state index in [0.717, 1.165) is 19.3 Å². The van der Waals surface area contributed by atoms with Gasteiger partial charge in [0.2, 0.25) is 0 Å². The molecule has 0 aliphatic heterocycles. The van der Waals surface area contributed by atoms with Crippen LogP contribution in [0.25, 0.3) is 0 Å². The van der Waals surface area contributed by atoms with Crippen LogP contribution in [0, 0.1) is 5.92 Å². The minimum absolute atomic E-state index is 0.473. The van der Waals surface area contributed by atoms with Crippen LogP contribution in [-0.2, 0) is 19.1 Å². The Hall–Kier alpha value is 0.303. The summed E-state index contributed by atoms with van der Waals surface area (Å²) in [6.45, 7) is 9.19. The van der Waals surface area contributed by atoms with Gasteiger partial charge >= 0.3 is 186 Å². The molecule has 0 nitrogen and oxygen atoms in total. The van der Waals surface area contributed by atoms with E-state index in [1.54, 1.807) is 4.35 Å². The maximum atomic E-state index is 6.77. The van der Waals surface area contributed by atoms with Crippen LogP contribution in [0.3, 0.4) is 0 Å². The second kappa shape index (κ2) is 8.98. The van der Waals surface area contributed by atoms with Gasteiger partial charge in [0.05, 0.1) is 0 Å². The average Bonchev–Trinajstić information content (AvgIpc) is 3.02. The van der Waals surface area contributed by atoms with Crippen molar-refractivity contribution >= 4 is 35.4 Å². The van der Waals surface area contributed by atoms with Gasteiger partial charge in [0.1, 0.15) is 0 Å². The molecule has 3 aliphatic carbocycles. The van der Waals surface area contributed by atoms with Crippen molar-refractivity contribution < 1.29 is 19.1 Å². The van der Waals surface area contributed by atoms with Gasteiger partial charge in [-0.15, -0.1) is 0 Å². The molecule has 0 saturated heterocycles. The number of rotatable bonds is 4. The number of allylic oxidation sites excluding steroid dienone is 12. The molecule has 0 amide bonds. The summed E-state index contributed by atoms with van der Waals surface area (Å²) in [5.41, 5.74) is 10.3. The Bertz CT molecular complexity index is 887. The van der Waals surface area contributed by atoms with Crippen molar-refractivity contribution in [3.8, 4) is 0 Å². The molecule has 0 fully saturated rings. The van der Waals surface area contributed by atoms with E-state index in [1.165, 1.54) is 42.3 Å². The summed E-state index contributed by atoms with van der Waals surface area (Å²) in [4.78, 5) is 0. The average molecular weight is 627 g/mol. The van der Waals surface area contributed by atoms with E-state index in [1.807, 2.05) is 0 Å². The molecule has 0 aromatic rings. The third-order valence-electron chi connectivity index (χ3n) is 5.98. The summed E-state index contributed by atoms with van der Waals surface area (Å²) < 4.78 is 3.03. The van der Waals surface area contributed by atoms with Crippen molar-refractivity contribution in [3.63, 3.8) is 0 Å². The van der Waals surface area contributed by atoms with Crippen LogP contribution in [0.4, 0.5) is 0 Å². The predicted molar refractivity (Wildman–Crippen MR) is 121 cm³/mol. The molecule has 0 saturated carbocycles. The number of halogens is 2. The molecule has 0 radical (unpaired) electrons. The van der Waals surface area contributed by atoms with E-state index in [2.05, 4.69) is 63.5 Å². The molecule has 1 atom stereocenters. The standard InChI is InChI=1S/C23H29Ge.2ClH.Hf/c1-7-9-18-14-19-10-8-11-21(24(5)6)17(4)22(19)23(18)20-12-15(2)16(3)13-20;;;/h8,10-12,17H,7,9,13H2,1-6H3;2*1H;/q;;;+2/p-2. The first-order valence-corrected chi connectivity index (χ1v) is 25.8. The number of fused-ring (bicyclic) bond motifs is 1. The summed E-state index contributed by atoms with van der Waals surface area (Å²) in [5.74, 6) is 5.40.